The van der Waals surface area contributed by atoms with Crippen molar-refractivity contribution in [3.05, 3.63) is 82.8 Å². The quantitative estimate of drug-likeness (QED) is 0.581. The van der Waals surface area contributed by atoms with Gasteiger partial charge in [0.1, 0.15) is 11.6 Å². The average molecular weight is 462 g/mol. The van der Waals surface area contributed by atoms with Gasteiger partial charge in [-0.05, 0) is 29.8 Å². The van der Waals surface area contributed by atoms with Gasteiger partial charge < -0.3 is 19.4 Å². The Labute approximate surface area is 198 Å². The SMILES string of the molecule is CN(Cc1ccccc1)c1nc2c(c(N3CCOCC3)n1)CN(C(=O)c1ccc(F)cc1)CC2. The molecule has 176 valence electrons. The van der Waals surface area contributed by atoms with Crippen LogP contribution in [0.1, 0.15) is 27.2 Å². The smallest absolute Gasteiger partial charge is 0.254 e. The van der Waals surface area contributed by atoms with Crippen molar-refractivity contribution in [1.29, 1.82) is 0 Å². The van der Waals surface area contributed by atoms with E-state index in [-0.39, 0.29) is 11.7 Å². The van der Waals surface area contributed by atoms with Crippen molar-refractivity contribution < 1.29 is 13.9 Å². The minimum absolute atomic E-state index is 0.108. The van der Waals surface area contributed by atoms with E-state index < -0.39 is 0 Å². The Balaban J connectivity index is 1.45. The fourth-order valence-corrected chi connectivity index (χ4v) is 4.47. The van der Waals surface area contributed by atoms with Gasteiger partial charge in [-0.25, -0.2) is 9.37 Å². The summed E-state index contributed by atoms with van der Waals surface area (Å²) in [5, 5.41) is 0. The molecule has 34 heavy (non-hydrogen) atoms. The maximum absolute atomic E-state index is 13.3. The molecular weight excluding hydrogens is 433 g/mol. The van der Waals surface area contributed by atoms with Crippen LogP contribution in [0.25, 0.3) is 0 Å². The molecule has 1 amide bonds. The van der Waals surface area contributed by atoms with Crippen molar-refractivity contribution in [3.8, 4) is 0 Å². The number of amides is 1. The third-order valence-electron chi connectivity index (χ3n) is 6.32. The summed E-state index contributed by atoms with van der Waals surface area (Å²) in [7, 11) is 2.00. The third-order valence-corrected chi connectivity index (χ3v) is 6.32. The van der Waals surface area contributed by atoms with Crippen LogP contribution in [0.5, 0.6) is 0 Å². The summed E-state index contributed by atoms with van der Waals surface area (Å²) < 4.78 is 18.9. The zero-order chi connectivity index (χ0) is 23.5. The van der Waals surface area contributed by atoms with Crippen LogP contribution in [-0.4, -0.2) is 60.7 Å². The van der Waals surface area contributed by atoms with Crippen molar-refractivity contribution >= 4 is 17.7 Å². The Bertz CT molecular complexity index is 1150. The summed E-state index contributed by atoms with van der Waals surface area (Å²) in [5.74, 6) is 1.10. The number of anilines is 2. The summed E-state index contributed by atoms with van der Waals surface area (Å²) >= 11 is 0. The zero-order valence-electron chi connectivity index (χ0n) is 19.3. The van der Waals surface area contributed by atoms with Crippen LogP contribution in [0, 0.1) is 5.82 Å². The molecule has 1 aromatic heterocycles. The van der Waals surface area contributed by atoms with Crippen molar-refractivity contribution in [2.24, 2.45) is 0 Å². The van der Waals surface area contributed by atoms with Crippen molar-refractivity contribution in [2.45, 2.75) is 19.5 Å². The highest BCUT2D eigenvalue weighted by Crippen LogP contribution is 2.30. The van der Waals surface area contributed by atoms with Gasteiger partial charge in [-0.15, -0.1) is 0 Å². The molecule has 3 aromatic rings. The molecule has 5 rings (SSSR count). The lowest BCUT2D eigenvalue weighted by atomic mass is 10.0. The molecule has 8 heteroatoms. The first kappa shape index (κ1) is 22.3. The van der Waals surface area contributed by atoms with Crippen LogP contribution < -0.4 is 9.80 Å². The van der Waals surface area contributed by atoms with Crippen LogP contribution >= 0.6 is 0 Å². The highest BCUT2D eigenvalue weighted by Gasteiger charge is 2.29. The second-order valence-corrected chi connectivity index (χ2v) is 8.70. The van der Waals surface area contributed by atoms with E-state index in [1.807, 2.05) is 25.2 Å². The number of ether oxygens (including phenoxy) is 1. The van der Waals surface area contributed by atoms with Crippen molar-refractivity contribution in [2.75, 3.05) is 49.7 Å². The molecule has 0 bridgehead atoms. The molecule has 0 saturated carbocycles. The van der Waals surface area contributed by atoms with Crippen LogP contribution in [0.2, 0.25) is 0 Å². The third kappa shape index (κ3) is 4.72. The summed E-state index contributed by atoms with van der Waals surface area (Å²) in [6.07, 6.45) is 0.647. The molecule has 2 aromatic carbocycles. The normalized spacial score (nSPS) is 15.7. The highest BCUT2D eigenvalue weighted by molar-refractivity contribution is 5.94. The van der Waals surface area contributed by atoms with Crippen LogP contribution in [0.15, 0.2) is 54.6 Å². The largest absolute Gasteiger partial charge is 0.378 e. The predicted molar refractivity (Wildman–Crippen MR) is 128 cm³/mol. The lowest BCUT2D eigenvalue weighted by Crippen LogP contribution is -2.41. The number of rotatable bonds is 5. The molecule has 7 nitrogen and oxygen atoms in total. The van der Waals surface area contributed by atoms with Gasteiger partial charge in [0.25, 0.3) is 5.91 Å². The number of benzene rings is 2. The molecule has 0 unspecified atom stereocenters. The van der Waals surface area contributed by atoms with Gasteiger partial charge in [-0.2, -0.15) is 4.98 Å². The van der Waals surface area contributed by atoms with E-state index in [0.717, 1.165) is 30.2 Å². The Kier molecular flexibility index (Phi) is 6.40. The number of morpholine rings is 1. The van der Waals surface area contributed by atoms with E-state index in [1.165, 1.54) is 29.8 Å². The predicted octanol–water partition coefficient (Wildman–Crippen LogP) is 3.29. The van der Waals surface area contributed by atoms with Crippen LogP contribution in [0.3, 0.4) is 0 Å². The molecule has 0 spiro atoms. The maximum Gasteiger partial charge on any atom is 0.254 e. The average Bonchev–Trinajstić information content (AvgIpc) is 2.89. The topological polar surface area (TPSA) is 61.8 Å². The lowest BCUT2D eigenvalue weighted by Gasteiger charge is -2.35. The Morgan fingerprint density at radius 1 is 1.03 bits per heavy atom. The summed E-state index contributed by atoms with van der Waals surface area (Å²) in [5.41, 5.74) is 3.64. The summed E-state index contributed by atoms with van der Waals surface area (Å²) in [6.45, 7) is 4.48. The first-order chi connectivity index (χ1) is 16.6. The second-order valence-electron chi connectivity index (χ2n) is 8.70. The van der Waals surface area contributed by atoms with E-state index in [0.29, 0.717) is 50.8 Å². The molecule has 2 aliphatic heterocycles. The summed E-state index contributed by atoms with van der Waals surface area (Å²) in [4.78, 5) is 29.1. The monoisotopic (exact) mass is 461 g/mol. The first-order valence-electron chi connectivity index (χ1n) is 11.6. The number of aromatic nitrogens is 2. The van der Waals surface area contributed by atoms with E-state index >= 15 is 0 Å². The number of fused-ring (bicyclic) bond motifs is 1. The minimum atomic E-state index is -0.351. The Morgan fingerprint density at radius 2 is 1.76 bits per heavy atom. The lowest BCUT2D eigenvalue weighted by molar-refractivity contribution is 0.0733. The molecule has 0 aliphatic carbocycles. The molecule has 0 radical (unpaired) electrons. The fourth-order valence-electron chi connectivity index (χ4n) is 4.47. The first-order valence-corrected chi connectivity index (χ1v) is 11.6. The van der Waals surface area contributed by atoms with Gasteiger partial charge in [-0.3, -0.25) is 4.79 Å². The van der Waals surface area contributed by atoms with E-state index in [1.54, 1.807) is 4.90 Å². The number of nitrogens with zero attached hydrogens (tertiary/aromatic N) is 5. The van der Waals surface area contributed by atoms with Gasteiger partial charge in [-0.1, -0.05) is 30.3 Å². The molecule has 0 atom stereocenters. The Morgan fingerprint density at radius 3 is 2.50 bits per heavy atom. The Hall–Kier alpha value is -3.52. The van der Waals surface area contributed by atoms with E-state index in [2.05, 4.69) is 21.9 Å². The number of carbonyl (C=O) groups excluding carboxylic acids is 1. The van der Waals surface area contributed by atoms with Gasteiger partial charge >= 0.3 is 0 Å². The number of carbonyl (C=O) groups is 1. The van der Waals surface area contributed by atoms with Gasteiger partial charge in [0.2, 0.25) is 5.95 Å². The minimum Gasteiger partial charge on any atom is -0.378 e. The maximum atomic E-state index is 13.3. The van der Waals surface area contributed by atoms with Gasteiger partial charge in [0, 0.05) is 50.8 Å². The standard InChI is InChI=1S/C26H28FN5O2/c1-30(17-19-5-3-2-4-6-19)26-28-23-11-12-32(25(33)20-7-9-21(27)10-8-20)18-22(23)24(29-26)31-13-15-34-16-14-31/h2-10H,11-18H2,1H3. The van der Waals surface area contributed by atoms with Gasteiger partial charge in [0.15, 0.2) is 0 Å². The summed E-state index contributed by atoms with van der Waals surface area (Å²) in [6, 6.07) is 16.0. The van der Waals surface area contributed by atoms with Crippen LogP contribution in [0.4, 0.5) is 16.2 Å². The number of hydrogen-bond donors (Lipinski definition) is 0. The van der Waals surface area contributed by atoms with Crippen molar-refractivity contribution in [1.82, 2.24) is 14.9 Å². The van der Waals surface area contributed by atoms with E-state index in [4.69, 9.17) is 14.7 Å². The zero-order valence-corrected chi connectivity index (χ0v) is 19.3. The molecule has 1 fully saturated rings. The number of hydrogen-bond acceptors (Lipinski definition) is 6. The molecule has 1 saturated heterocycles. The molecule has 0 N–H and O–H groups in total. The molecular formula is C26H28FN5O2. The van der Waals surface area contributed by atoms with Crippen molar-refractivity contribution in [3.63, 3.8) is 0 Å². The second kappa shape index (κ2) is 9.77. The van der Waals surface area contributed by atoms with E-state index in [9.17, 15) is 9.18 Å². The highest BCUT2D eigenvalue weighted by atomic mass is 19.1. The fraction of sp³-hybridized carbons (Fsp3) is 0.346. The van der Waals surface area contributed by atoms with Gasteiger partial charge in [0.05, 0.1) is 25.5 Å². The van der Waals surface area contributed by atoms with Crippen LogP contribution in [-0.2, 0) is 24.2 Å². The number of halogens is 1. The molecule has 2 aliphatic rings. The molecule has 3 heterocycles.